The molecule has 1 aromatic heterocycles. The van der Waals surface area contributed by atoms with Crippen LogP contribution in [0.5, 0.6) is 0 Å². The van der Waals surface area contributed by atoms with Crippen molar-refractivity contribution in [2.24, 2.45) is 0 Å². The van der Waals surface area contributed by atoms with Crippen molar-refractivity contribution in [3.63, 3.8) is 0 Å². The van der Waals surface area contributed by atoms with Crippen molar-refractivity contribution in [3.8, 4) is 0 Å². The zero-order chi connectivity index (χ0) is 13.3. The maximum absolute atomic E-state index is 11.3. The third kappa shape index (κ3) is 2.30. The quantitative estimate of drug-likeness (QED) is 0.886. The van der Waals surface area contributed by atoms with Gasteiger partial charge in [-0.3, -0.25) is 0 Å². The predicted molar refractivity (Wildman–Crippen MR) is 69.1 cm³/mol. The number of hydrogen-bond donors (Lipinski definition) is 1. The Balaban J connectivity index is 2.36. The number of carbonyl (C=O) groups is 1. The number of carboxylic acids is 1. The zero-order valence-corrected chi connectivity index (χ0v) is 11.1. The molecule has 1 aliphatic rings. The zero-order valence-electron chi connectivity index (χ0n) is 11.1. The number of aromatic nitrogens is 2. The molecule has 2 rings (SSSR count). The molecule has 0 saturated heterocycles. The van der Waals surface area contributed by atoms with E-state index in [1.807, 2.05) is 25.8 Å². The highest BCUT2D eigenvalue weighted by molar-refractivity contribution is 5.92. The van der Waals surface area contributed by atoms with E-state index < -0.39 is 5.97 Å². The van der Waals surface area contributed by atoms with Crippen molar-refractivity contribution in [2.75, 3.05) is 11.9 Å². The van der Waals surface area contributed by atoms with Gasteiger partial charge in [-0.05, 0) is 19.3 Å². The lowest BCUT2D eigenvalue weighted by Gasteiger charge is -2.36. The molecule has 0 bridgehead atoms. The highest BCUT2D eigenvalue weighted by atomic mass is 16.4. The van der Waals surface area contributed by atoms with Crippen LogP contribution in [-0.2, 0) is 0 Å². The van der Waals surface area contributed by atoms with Crippen molar-refractivity contribution in [1.82, 2.24) is 9.97 Å². The third-order valence-electron chi connectivity index (χ3n) is 3.51. The summed E-state index contributed by atoms with van der Waals surface area (Å²) in [5, 5.41) is 9.28. The number of nitrogens with zero attached hydrogens (tertiary/aromatic N) is 3. The molecule has 5 heteroatoms. The normalized spacial score (nSPS) is 15.6. The van der Waals surface area contributed by atoms with Crippen LogP contribution >= 0.6 is 0 Å². The Labute approximate surface area is 107 Å². The average molecular weight is 249 g/mol. The van der Waals surface area contributed by atoms with Gasteiger partial charge in [-0.1, -0.05) is 13.8 Å². The number of aromatic carboxylic acids is 1. The van der Waals surface area contributed by atoms with E-state index in [2.05, 4.69) is 9.97 Å². The summed E-state index contributed by atoms with van der Waals surface area (Å²) in [6.45, 7) is 3.91. The van der Waals surface area contributed by atoms with Crippen LogP contribution in [-0.4, -0.2) is 34.1 Å². The van der Waals surface area contributed by atoms with Crippen molar-refractivity contribution in [1.29, 1.82) is 0 Å². The molecule has 1 fully saturated rings. The summed E-state index contributed by atoms with van der Waals surface area (Å²) in [5.74, 6) is -0.273. The Bertz CT molecular complexity index is 456. The van der Waals surface area contributed by atoms with Crippen molar-refractivity contribution in [3.05, 3.63) is 17.7 Å². The molecule has 1 aliphatic carbocycles. The van der Waals surface area contributed by atoms with Gasteiger partial charge >= 0.3 is 5.97 Å². The standard InChI is InChI=1S/C13H19N3O2/c1-8(2)12-14-7-10(11(15-12)13(17)18)16(3)9-5-4-6-9/h7-9H,4-6H2,1-3H3,(H,17,18). The molecular formula is C13H19N3O2. The molecule has 0 atom stereocenters. The van der Waals surface area contributed by atoms with Crippen LogP contribution < -0.4 is 4.90 Å². The van der Waals surface area contributed by atoms with E-state index >= 15 is 0 Å². The molecule has 0 amide bonds. The highest BCUT2D eigenvalue weighted by Crippen LogP contribution is 2.29. The van der Waals surface area contributed by atoms with Gasteiger partial charge in [0.15, 0.2) is 5.69 Å². The van der Waals surface area contributed by atoms with Crippen LogP contribution in [0.2, 0.25) is 0 Å². The fourth-order valence-corrected chi connectivity index (χ4v) is 2.05. The van der Waals surface area contributed by atoms with Gasteiger partial charge in [-0.2, -0.15) is 0 Å². The van der Waals surface area contributed by atoms with E-state index in [0.717, 1.165) is 12.8 Å². The first kappa shape index (κ1) is 12.8. The van der Waals surface area contributed by atoms with E-state index in [0.29, 0.717) is 17.6 Å². The van der Waals surface area contributed by atoms with E-state index in [9.17, 15) is 9.90 Å². The van der Waals surface area contributed by atoms with Crippen molar-refractivity contribution < 1.29 is 9.90 Å². The lowest BCUT2D eigenvalue weighted by molar-refractivity contribution is 0.0690. The molecule has 0 aromatic carbocycles. The lowest BCUT2D eigenvalue weighted by atomic mass is 9.91. The summed E-state index contributed by atoms with van der Waals surface area (Å²) in [6.07, 6.45) is 5.08. The third-order valence-corrected chi connectivity index (χ3v) is 3.51. The highest BCUT2D eigenvalue weighted by Gasteiger charge is 2.26. The minimum atomic E-state index is -0.986. The molecular weight excluding hydrogens is 230 g/mol. The summed E-state index contributed by atoms with van der Waals surface area (Å²) in [5.41, 5.74) is 0.736. The maximum atomic E-state index is 11.3. The Morgan fingerprint density at radius 3 is 2.61 bits per heavy atom. The second-order valence-corrected chi connectivity index (χ2v) is 5.12. The Kier molecular flexibility index (Phi) is 3.50. The molecule has 0 spiro atoms. The molecule has 1 saturated carbocycles. The fourth-order valence-electron chi connectivity index (χ4n) is 2.05. The molecule has 0 unspecified atom stereocenters. The second kappa shape index (κ2) is 4.92. The topological polar surface area (TPSA) is 66.3 Å². The molecule has 1 N–H and O–H groups in total. The summed E-state index contributed by atoms with van der Waals surface area (Å²) in [6, 6.07) is 0.427. The van der Waals surface area contributed by atoms with Gasteiger partial charge in [0.25, 0.3) is 0 Å². The monoisotopic (exact) mass is 249 g/mol. The minimum Gasteiger partial charge on any atom is -0.476 e. The van der Waals surface area contributed by atoms with Gasteiger partial charge < -0.3 is 10.0 Å². The maximum Gasteiger partial charge on any atom is 0.356 e. The summed E-state index contributed by atoms with van der Waals surface area (Å²) >= 11 is 0. The molecule has 0 aliphatic heterocycles. The van der Waals surface area contributed by atoms with Gasteiger partial charge in [0.1, 0.15) is 5.82 Å². The van der Waals surface area contributed by atoms with Gasteiger partial charge in [-0.25, -0.2) is 14.8 Å². The SMILES string of the molecule is CC(C)c1ncc(N(C)C2CCC2)c(C(=O)O)n1. The number of rotatable bonds is 4. The van der Waals surface area contributed by atoms with E-state index in [4.69, 9.17) is 0 Å². The molecule has 18 heavy (non-hydrogen) atoms. The Morgan fingerprint density at radius 1 is 1.50 bits per heavy atom. The largest absolute Gasteiger partial charge is 0.476 e. The van der Waals surface area contributed by atoms with Crippen LogP contribution in [0.15, 0.2) is 6.20 Å². The number of hydrogen-bond acceptors (Lipinski definition) is 4. The molecule has 1 aromatic rings. The van der Waals surface area contributed by atoms with Gasteiger partial charge in [0.2, 0.25) is 0 Å². The first-order valence-electron chi connectivity index (χ1n) is 6.33. The van der Waals surface area contributed by atoms with Crippen LogP contribution in [0.3, 0.4) is 0 Å². The summed E-state index contributed by atoms with van der Waals surface area (Å²) in [4.78, 5) is 21.8. The second-order valence-electron chi connectivity index (χ2n) is 5.12. The molecule has 0 radical (unpaired) electrons. The first-order valence-corrected chi connectivity index (χ1v) is 6.33. The smallest absolute Gasteiger partial charge is 0.356 e. The fraction of sp³-hybridized carbons (Fsp3) is 0.615. The molecule has 5 nitrogen and oxygen atoms in total. The summed E-state index contributed by atoms with van der Waals surface area (Å²) in [7, 11) is 1.92. The van der Waals surface area contributed by atoms with Gasteiger partial charge in [0, 0.05) is 19.0 Å². The number of carboxylic acid groups (broad SMARTS) is 1. The minimum absolute atomic E-state index is 0.114. The Hall–Kier alpha value is -1.65. The van der Waals surface area contributed by atoms with E-state index in [-0.39, 0.29) is 11.6 Å². The van der Waals surface area contributed by atoms with E-state index in [1.54, 1.807) is 6.20 Å². The van der Waals surface area contributed by atoms with Crippen molar-refractivity contribution >= 4 is 11.7 Å². The van der Waals surface area contributed by atoms with Crippen LogP contribution in [0.4, 0.5) is 5.69 Å². The first-order chi connectivity index (χ1) is 8.50. The summed E-state index contributed by atoms with van der Waals surface area (Å²) < 4.78 is 0. The predicted octanol–water partition coefficient (Wildman–Crippen LogP) is 2.29. The lowest BCUT2D eigenvalue weighted by Crippen LogP contribution is -2.38. The van der Waals surface area contributed by atoms with Crippen molar-refractivity contribution in [2.45, 2.75) is 45.1 Å². The van der Waals surface area contributed by atoms with Gasteiger partial charge in [-0.15, -0.1) is 0 Å². The molecule has 1 heterocycles. The van der Waals surface area contributed by atoms with Crippen LogP contribution in [0.25, 0.3) is 0 Å². The molecule has 98 valence electrons. The number of anilines is 1. The van der Waals surface area contributed by atoms with Gasteiger partial charge in [0.05, 0.1) is 11.9 Å². The average Bonchev–Trinajstić information content (AvgIpc) is 2.25. The van der Waals surface area contributed by atoms with E-state index in [1.165, 1.54) is 6.42 Å². The van der Waals surface area contributed by atoms with Crippen LogP contribution in [0, 0.1) is 0 Å². The van der Waals surface area contributed by atoms with Crippen LogP contribution in [0.1, 0.15) is 55.3 Å². The Morgan fingerprint density at radius 2 is 2.17 bits per heavy atom.